The molecule has 6 nitrogen and oxygen atoms in total. The summed E-state index contributed by atoms with van der Waals surface area (Å²) in [5, 5.41) is 16.4. The molecular formula is C13H15Cl2N3O3. The number of aromatic nitrogens is 2. The Bertz CT molecular complexity index is 568. The van der Waals surface area contributed by atoms with Gasteiger partial charge in [-0.1, -0.05) is 36.5 Å². The second-order valence-corrected chi connectivity index (χ2v) is 5.77. The molecule has 0 radical (unpaired) electrons. The van der Waals surface area contributed by atoms with E-state index in [1.807, 2.05) is 6.92 Å². The third-order valence-electron chi connectivity index (χ3n) is 3.78. The fraction of sp³-hybridized carbons (Fsp3) is 0.538. The van der Waals surface area contributed by atoms with Crippen molar-refractivity contribution in [1.29, 1.82) is 0 Å². The highest BCUT2D eigenvalue weighted by Crippen LogP contribution is 2.28. The largest absolute Gasteiger partial charge is 0.480 e. The summed E-state index contributed by atoms with van der Waals surface area (Å²) in [6.07, 6.45) is 2.12. The zero-order chi connectivity index (χ0) is 15.6. The molecule has 2 rings (SSSR count). The first-order valence-electron chi connectivity index (χ1n) is 6.66. The minimum absolute atomic E-state index is 0.0399. The number of carbonyl (C=O) groups is 2. The van der Waals surface area contributed by atoms with Crippen molar-refractivity contribution in [1.82, 2.24) is 15.1 Å². The summed E-state index contributed by atoms with van der Waals surface area (Å²) in [6.45, 7) is 2.40. The van der Waals surface area contributed by atoms with E-state index in [4.69, 9.17) is 23.2 Å². The SMILES string of the molecule is CCC1CCN(C(=O)c2cc(Cl)nnc2Cl)C(C(=O)O)C1. The average molecular weight is 332 g/mol. The molecule has 0 saturated carbocycles. The van der Waals surface area contributed by atoms with E-state index < -0.39 is 17.9 Å². The molecule has 114 valence electrons. The highest BCUT2D eigenvalue weighted by atomic mass is 35.5. The number of halogens is 2. The lowest BCUT2D eigenvalue weighted by Crippen LogP contribution is -2.50. The zero-order valence-electron chi connectivity index (χ0n) is 11.4. The monoisotopic (exact) mass is 331 g/mol. The fourth-order valence-corrected chi connectivity index (χ4v) is 2.86. The molecule has 0 spiro atoms. The van der Waals surface area contributed by atoms with Gasteiger partial charge in [-0.05, 0) is 24.8 Å². The molecule has 1 saturated heterocycles. The van der Waals surface area contributed by atoms with Crippen molar-refractivity contribution in [3.63, 3.8) is 0 Å². The van der Waals surface area contributed by atoms with Crippen LogP contribution in [0.2, 0.25) is 10.3 Å². The van der Waals surface area contributed by atoms with Crippen LogP contribution in [0, 0.1) is 5.92 Å². The molecule has 1 aliphatic rings. The van der Waals surface area contributed by atoms with E-state index in [-0.39, 0.29) is 15.9 Å². The number of likely N-dealkylation sites (tertiary alicyclic amines) is 1. The van der Waals surface area contributed by atoms with Gasteiger partial charge in [-0.25, -0.2) is 4.79 Å². The molecule has 1 aliphatic heterocycles. The summed E-state index contributed by atoms with van der Waals surface area (Å²) >= 11 is 11.6. The summed E-state index contributed by atoms with van der Waals surface area (Å²) in [5.74, 6) is -1.17. The first-order chi connectivity index (χ1) is 9.93. The van der Waals surface area contributed by atoms with Crippen molar-refractivity contribution >= 4 is 35.1 Å². The Kier molecular flexibility index (Phi) is 5.00. The normalized spacial score (nSPS) is 22.1. The number of hydrogen-bond donors (Lipinski definition) is 1. The van der Waals surface area contributed by atoms with E-state index in [1.54, 1.807) is 0 Å². The number of amides is 1. The number of carboxylic acid groups (broad SMARTS) is 1. The molecule has 1 N–H and O–H groups in total. The minimum Gasteiger partial charge on any atom is -0.480 e. The number of nitrogens with zero attached hydrogens (tertiary/aromatic N) is 3. The quantitative estimate of drug-likeness (QED) is 0.919. The lowest BCUT2D eigenvalue weighted by atomic mass is 9.88. The Morgan fingerprint density at radius 2 is 2.14 bits per heavy atom. The molecule has 0 aliphatic carbocycles. The highest BCUT2D eigenvalue weighted by molar-refractivity contribution is 6.34. The molecule has 2 atom stereocenters. The van der Waals surface area contributed by atoms with Gasteiger partial charge in [0.15, 0.2) is 10.3 Å². The van der Waals surface area contributed by atoms with Crippen LogP contribution in [0.15, 0.2) is 6.07 Å². The predicted molar refractivity (Wildman–Crippen MR) is 77.5 cm³/mol. The summed E-state index contributed by atoms with van der Waals surface area (Å²) in [4.78, 5) is 25.3. The number of piperidine rings is 1. The Morgan fingerprint density at radius 1 is 1.43 bits per heavy atom. The van der Waals surface area contributed by atoms with E-state index in [0.29, 0.717) is 18.9 Å². The highest BCUT2D eigenvalue weighted by Gasteiger charge is 2.36. The molecule has 1 amide bonds. The maximum Gasteiger partial charge on any atom is 0.326 e. The standard InChI is InChI=1S/C13H15Cl2N3O3/c1-2-7-3-4-18(9(5-7)13(20)21)12(19)8-6-10(14)16-17-11(8)15/h6-7,9H,2-5H2,1H3,(H,20,21). The average Bonchev–Trinajstić information content (AvgIpc) is 2.48. The number of carboxylic acids is 1. The first kappa shape index (κ1) is 16.0. The third-order valence-corrected chi connectivity index (χ3v) is 4.25. The Labute approximate surface area is 132 Å². The van der Waals surface area contributed by atoms with Gasteiger partial charge in [0.1, 0.15) is 6.04 Å². The zero-order valence-corrected chi connectivity index (χ0v) is 12.9. The van der Waals surface area contributed by atoms with E-state index in [2.05, 4.69) is 10.2 Å². The molecule has 1 aromatic heterocycles. The molecule has 2 unspecified atom stereocenters. The molecule has 8 heteroatoms. The maximum atomic E-state index is 12.5. The van der Waals surface area contributed by atoms with Crippen molar-refractivity contribution in [2.75, 3.05) is 6.54 Å². The number of rotatable bonds is 3. The van der Waals surface area contributed by atoms with Crippen LogP contribution >= 0.6 is 23.2 Å². The lowest BCUT2D eigenvalue weighted by Gasteiger charge is -2.37. The molecule has 0 bridgehead atoms. The predicted octanol–water partition coefficient (Wildman–Crippen LogP) is 2.50. The number of hydrogen-bond acceptors (Lipinski definition) is 4. The van der Waals surface area contributed by atoms with E-state index in [1.165, 1.54) is 11.0 Å². The third kappa shape index (κ3) is 3.44. The van der Waals surface area contributed by atoms with Crippen LogP contribution in [0.3, 0.4) is 0 Å². The second-order valence-electron chi connectivity index (χ2n) is 5.02. The van der Waals surface area contributed by atoms with Crippen molar-refractivity contribution in [3.05, 3.63) is 21.9 Å². The van der Waals surface area contributed by atoms with Gasteiger partial charge in [-0.2, -0.15) is 0 Å². The number of aliphatic carboxylic acids is 1. The molecule has 1 fully saturated rings. The van der Waals surface area contributed by atoms with Crippen LogP contribution in [0.4, 0.5) is 0 Å². The molecule has 2 heterocycles. The summed E-state index contributed by atoms with van der Waals surface area (Å²) in [6, 6.07) is 0.462. The van der Waals surface area contributed by atoms with Crippen LogP contribution in [0.1, 0.15) is 36.5 Å². The molecule has 1 aromatic rings. The van der Waals surface area contributed by atoms with Gasteiger partial charge in [-0.15, -0.1) is 10.2 Å². The van der Waals surface area contributed by atoms with Gasteiger partial charge in [0.25, 0.3) is 5.91 Å². The second kappa shape index (κ2) is 6.58. The van der Waals surface area contributed by atoms with Crippen molar-refractivity contribution < 1.29 is 14.7 Å². The van der Waals surface area contributed by atoms with E-state index in [9.17, 15) is 14.7 Å². The first-order valence-corrected chi connectivity index (χ1v) is 7.42. The molecule has 21 heavy (non-hydrogen) atoms. The molecular weight excluding hydrogens is 317 g/mol. The number of carbonyl (C=O) groups excluding carboxylic acids is 1. The van der Waals surface area contributed by atoms with Gasteiger partial charge in [0, 0.05) is 6.54 Å². The Hall–Kier alpha value is -1.40. The van der Waals surface area contributed by atoms with Crippen molar-refractivity contribution in [2.45, 2.75) is 32.2 Å². The van der Waals surface area contributed by atoms with Crippen molar-refractivity contribution in [3.8, 4) is 0 Å². The van der Waals surface area contributed by atoms with Crippen LogP contribution in [-0.4, -0.2) is 44.7 Å². The van der Waals surface area contributed by atoms with Crippen LogP contribution in [0.5, 0.6) is 0 Å². The topological polar surface area (TPSA) is 83.4 Å². The lowest BCUT2D eigenvalue weighted by molar-refractivity contribution is -0.144. The summed E-state index contributed by atoms with van der Waals surface area (Å²) in [5.41, 5.74) is 0.0814. The van der Waals surface area contributed by atoms with Gasteiger partial charge in [-0.3, -0.25) is 4.79 Å². The summed E-state index contributed by atoms with van der Waals surface area (Å²) in [7, 11) is 0. The van der Waals surface area contributed by atoms with Gasteiger partial charge >= 0.3 is 5.97 Å². The Balaban J connectivity index is 2.28. The van der Waals surface area contributed by atoms with Gasteiger partial charge in [0.2, 0.25) is 0 Å². The van der Waals surface area contributed by atoms with E-state index >= 15 is 0 Å². The van der Waals surface area contributed by atoms with Crippen LogP contribution < -0.4 is 0 Å². The summed E-state index contributed by atoms with van der Waals surface area (Å²) < 4.78 is 0. The van der Waals surface area contributed by atoms with Crippen LogP contribution in [-0.2, 0) is 4.79 Å². The maximum absolute atomic E-state index is 12.5. The smallest absolute Gasteiger partial charge is 0.326 e. The van der Waals surface area contributed by atoms with Gasteiger partial charge in [0.05, 0.1) is 5.56 Å². The fourth-order valence-electron chi connectivity index (χ4n) is 2.54. The minimum atomic E-state index is -1.01. The van der Waals surface area contributed by atoms with Gasteiger partial charge < -0.3 is 10.0 Å². The van der Waals surface area contributed by atoms with Crippen molar-refractivity contribution in [2.24, 2.45) is 5.92 Å². The van der Waals surface area contributed by atoms with E-state index in [0.717, 1.165) is 12.8 Å². The Morgan fingerprint density at radius 3 is 2.76 bits per heavy atom. The molecule has 0 aromatic carbocycles. The van der Waals surface area contributed by atoms with Crippen LogP contribution in [0.25, 0.3) is 0 Å².